The quantitative estimate of drug-likeness (QED) is 0.272. The van der Waals surface area contributed by atoms with Crippen LogP contribution < -0.4 is 0 Å². The van der Waals surface area contributed by atoms with Gasteiger partial charge in [-0.2, -0.15) is 0 Å². The Balaban J connectivity index is 4.56. The zero-order valence-corrected chi connectivity index (χ0v) is 12.5. The smallest absolute Gasteiger partial charge is 0.330 e. The number of aliphatic hydroxyl groups is 4. The van der Waals surface area contributed by atoms with Crippen molar-refractivity contribution >= 4 is 5.97 Å². The highest BCUT2D eigenvalue weighted by molar-refractivity contribution is 5.81. The van der Waals surface area contributed by atoms with E-state index in [-0.39, 0.29) is 33.0 Å². The van der Waals surface area contributed by atoms with Crippen molar-refractivity contribution in [1.29, 1.82) is 0 Å². The maximum absolute atomic E-state index is 11.1. The van der Waals surface area contributed by atoms with Crippen molar-refractivity contribution < 1.29 is 34.7 Å². The fourth-order valence-corrected chi connectivity index (χ4v) is 1.51. The van der Waals surface area contributed by atoms with E-state index in [1.807, 2.05) is 6.92 Å². The standard InChI is InChI=1S/C14H26O7/c1-3-12(19)21-11-14(7-17,8-18)10-20-9-13(4-2,5-15)6-16/h3,15-18H,1,4-11H2,2H3. The van der Waals surface area contributed by atoms with Crippen molar-refractivity contribution in [2.24, 2.45) is 10.8 Å². The number of aliphatic hydroxyl groups excluding tert-OH is 4. The number of hydrogen-bond donors (Lipinski definition) is 4. The third kappa shape index (κ3) is 6.11. The number of hydrogen-bond acceptors (Lipinski definition) is 7. The third-order valence-corrected chi connectivity index (χ3v) is 3.60. The van der Waals surface area contributed by atoms with Gasteiger partial charge in [-0.3, -0.25) is 0 Å². The van der Waals surface area contributed by atoms with Crippen LogP contribution in [-0.4, -0.2) is 72.6 Å². The van der Waals surface area contributed by atoms with Gasteiger partial charge in [0.05, 0.1) is 45.1 Å². The van der Waals surface area contributed by atoms with E-state index in [1.165, 1.54) is 0 Å². The first-order chi connectivity index (χ1) is 9.96. The lowest BCUT2D eigenvalue weighted by Crippen LogP contribution is -2.42. The van der Waals surface area contributed by atoms with Gasteiger partial charge in [0.1, 0.15) is 6.61 Å². The van der Waals surface area contributed by atoms with Crippen molar-refractivity contribution in [3.8, 4) is 0 Å². The first kappa shape index (κ1) is 20.0. The molecule has 7 nitrogen and oxygen atoms in total. The zero-order chi connectivity index (χ0) is 16.4. The van der Waals surface area contributed by atoms with Crippen LogP contribution in [-0.2, 0) is 14.3 Å². The SMILES string of the molecule is C=CC(=O)OCC(CO)(CO)COCC(CC)(CO)CO. The number of carbonyl (C=O) groups excluding carboxylic acids is 1. The molecule has 0 atom stereocenters. The molecule has 7 heteroatoms. The molecule has 21 heavy (non-hydrogen) atoms. The predicted octanol–water partition coefficient (Wildman–Crippen LogP) is -0.916. The van der Waals surface area contributed by atoms with Crippen molar-refractivity contribution in [1.82, 2.24) is 0 Å². The molecular weight excluding hydrogens is 280 g/mol. The van der Waals surface area contributed by atoms with Gasteiger partial charge in [-0.1, -0.05) is 13.5 Å². The largest absolute Gasteiger partial charge is 0.462 e. The van der Waals surface area contributed by atoms with Crippen LogP contribution in [0.1, 0.15) is 13.3 Å². The molecule has 0 aliphatic rings. The molecule has 0 bridgehead atoms. The van der Waals surface area contributed by atoms with Crippen LogP contribution in [0.15, 0.2) is 12.7 Å². The van der Waals surface area contributed by atoms with Crippen LogP contribution in [0.3, 0.4) is 0 Å². The normalized spacial score (nSPS) is 12.2. The molecule has 0 aliphatic carbocycles. The molecule has 0 radical (unpaired) electrons. The molecular formula is C14H26O7. The fourth-order valence-electron chi connectivity index (χ4n) is 1.51. The molecule has 4 N–H and O–H groups in total. The maximum atomic E-state index is 11.1. The zero-order valence-electron chi connectivity index (χ0n) is 12.5. The maximum Gasteiger partial charge on any atom is 0.330 e. The summed E-state index contributed by atoms with van der Waals surface area (Å²) in [7, 11) is 0. The summed E-state index contributed by atoms with van der Waals surface area (Å²) < 4.78 is 10.3. The first-order valence-electron chi connectivity index (χ1n) is 6.77. The summed E-state index contributed by atoms with van der Waals surface area (Å²) in [6.45, 7) is 3.48. The number of carbonyl (C=O) groups is 1. The van der Waals surface area contributed by atoms with Gasteiger partial charge in [-0.25, -0.2) is 4.79 Å². The van der Waals surface area contributed by atoms with Crippen LogP contribution in [0.25, 0.3) is 0 Å². The Labute approximate surface area is 124 Å². The molecule has 0 fully saturated rings. The van der Waals surface area contributed by atoms with Crippen molar-refractivity contribution in [3.63, 3.8) is 0 Å². The second-order valence-corrected chi connectivity index (χ2v) is 5.29. The molecule has 0 unspecified atom stereocenters. The minimum Gasteiger partial charge on any atom is -0.462 e. The molecule has 0 heterocycles. The van der Waals surface area contributed by atoms with Gasteiger partial charge in [0, 0.05) is 11.5 Å². The first-order valence-corrected chi connectivity index (χ1v) is 6.77. The summed E-state index contributed by atoms with van der Waals surface area (Å²) in [5.41, 5.74) is -1.91. The molecule has 0 amide bonds. The average Bonchev–Trinajstić information content (AvgIpc) is 2.55. The number of esters is 1. The predicted molar refractivity (Wildman–Crippen MR) is 75.5 cm³/mol. The summed E-state index contributed by atoms with van der Waals surface area (Å²) in [5.74, 6) is -0.658. The fraction of sp³-hybridized carbons (Fsp3) is 0.786. The minimum atomic E-state index is -1.14. The summed E-state index contributed by atoms with van der Waals surface area (Å²) in [4.78, 5) is 11.1. The number of rotatable bonds is 12. The van der Waals surface area contributed by atoms with Gasteiger partial charge in [-0.15, -0.1) is 0 Å². The van der Waals surface area contributed by atoms with E-state index in [0.717, 1.165) is 6.08 Å². The highest BCUT2D eigenvalue weighted by Gasteiger charge is 2.33. The Morgan fingerprint density at radius 3 is 1.86 bits per heavy atom. The van der Waals surface area contributed by atoms with Crippen molar-refractivity contribution in [3.05, 3.63) is 12.7 Å². The van der Waals surface area contributed by atoms with Gasteiger partial charge in [-0.05, 0) is 6.42 Å². The van der Waals surface area contributed by atoms with E-state index in [2.05, 4.69) is 6.58 Å². The lowest BCUT2D eigenvalue weighted by molar-refractivity contribution is -0.148. The van der Waals surface area contributed by atoms with E-state index in [9.17, 15) is 25.2 Å². The Kier molecular flexibility index (Phi) is 9.39. The Hall–Kier alpha value is -0.990. The van der Waals surface area contributed by atoms with Crippen molar-refractivity contribution in [2.45, 2.75) is 13.3 Å². The molecule has 0 aromatic carbocycles. The molecule has 0 rings (SSSR count). The Morgan fingerprint density at radius 2 is 1.48 bits per heavy atom. The van der Waals surface area contributed by atoms with Crippen LogP contribution in [0.5, 0.6) is 0 Å². The molecule has 0 aliphatic heterocycles. The van der Waals surface area contributed by atoms with Crippen LogP contribution in [0, 0.1) is 10.8 Å². The lowest BCUT2D eigenvalue weighted by Gasteiger charge is -2.32. The molecule has 124 valence electrons. The molecule has 0 spiro atoms. The second-order valence-electron chi connectivity index (χ2n) is 5.29. The van der Waals surface area contributed by atoms with Gasteiger partial charge in [0.15, 0.2) is 0 Å². The van der Waals surface area contributed by atoms with E-state index in [1.54, 1.807) is 0 Å². The van der Waals surface area contributed by atoms with Gasteiger partial charge < -0.3 is 29.9 Å². The van der Waals surface area contributed by atoms with E-state index in [0.29, 0.717) is 6.42 Å². The highest BCUT2D eigenvalue weighted by Crippen LogP contribution is 2.23. The van der Waals surface area contributed by atoms with Gasteiger partial charge in [0.25, 0.3) is 0 Å². The molecule has 0 aromatic rings. The van der Waals surface area contributed by atoms with E-state index >= 15 is 0 Å². The topological polar surface area (TPSA) is 116 Å². The molecule has 0 aromatic heterocycles. The van der Waals surface area contributed by atoms with Crippen LogP contribution in [0.4, 0.5) is 0 Å². The van der Waals surface area contributed by atoms with E-state index < -0.39 is 30.0 Å². The average molecular weight is 306 g/mol. The third-order valence-electron chi connectivity index (χ3n) is 3.60. The Bertz CT molecular complexity index is 300. The monoisotopic (exact) mass is 306 g/mol. The van der Waals surface area contributed by atoms with Gasteiger partial charge in [0.2, 0.25) is 0 Å². The Morgan fingerprint density at radius 1 is 1.00 bits per heavy atom. The summed E-state index contributed by atoms with van der Waals surface area (Å²) in [5, 5.41) is 37.4. The summed E-state index contributed by atoms with van der Waals surface area (Å²) in [6.07, 6.45) is 1.50. The summed E-state index contributed by atoms with van der Waals surface area (Å²) in [6, 6.07) is 0. The second kappa shape index (κ2) is 9.86. The highest BCUT2D eigenvalue weighted by atomic mass is 16.5. The summed E-state index contributed by atoms with van der Waals surface area (Å²) >= 11 is 0. The van der Waals surface area contributed by atoms with Gasteiger partial charge >= 0.3 is 5.97 Å². The van der Waals surface area contributed by atoms with Crippen LogP contribution >= 0.6 is 0 Å². The molecule has 0 saturated carbocycles. The molecule has 0 saturated heterocycles. The van der Waals surface area contributed by atoms with E-state index in [4.69, 9.17) is 9.47 Å². The van der Waals surface area contributed by atoms with Crippen LogP contribution in [0.2, 0.25) is 0 Å². The number of ether oxygens (including phenoxy) is 2. The van der Waals surface area contributed by atoms with Crippen molar-refractivity contribution in [2.75, 3.05) is 46.2 Å². The lowest BCUT2D eigenvalue weighted by atomic mass is 9.87. The minimum absolute atomic E-state index is 0.0631.